The van der Waals surface area contributed by atoms with E-state index in [2.05, 4.69) is 0 Å². The highest BCUT2D eigenvalue weighted by Crippen LogP contribution is 2.41. The predicted molar refractivity (Wildman–Crippen MR) is 68.1 cm³/mol. The van der Waals surface area contributed by atoms with Gasteiger partial charge in [-0.05, 0) is 36.4 Å². The second kappa shape index (κ2) is 5.05. The minimum absolute atomic E-state index is 0.0348. The lowest BCUT2D eigenvalue weighted by Gasteiger charge is -2.09. The van der Waals surface area contributed by atoms with Crippen molar-refractivity contribution in [1.82, 2.24) is 0 Å². The van der Waals surface area contributed by atoms with E-state index in [0.29, 0.717) is 10.8 Å². The molecule has 17 heavy (non-hydrogen) atoms. The van der Waals surface area contributed by atoms with Crippen LogP contribution in [0.1, 0.15) is 0 Å². The molecule has 2 nitrogen and oxygen atoms in total. The Balaban J connectivity index is 2.36. The lowest BCUT2D eigenvalue weighted by Crippen LogP contribution is -1.86. The van der Waals surface area contributed by atoms with Gasteiger partial charge in [-0.15, -0.1) is 0 Å². The van der Waals surface area contributed by atoms with Crippen LogP contribution in [-0.4, -0.2) is 0 Å². The van der Waals surface area contributed by atoms with Crippen molar-refractivity contribution in [1.29, 1.82) is 0 Å². The summed E-state index contributed by atoms with van der Waals surface area (Å²) in [7, 11) is 0. The lowest BCUT2D eigenvalue weighted by atomic mass is 10.3. The van der Waals surface area contributed by atoms with Crippen LogP contribution in [-0.2, 0) is 5.11 Å². The topological polar surface area (TPSA) is 29.1 Å². The Hall–Kier alpha value is -1.09. The van der Waals surface area contributed by atoms with Crippen molar-refractivity contribution in [2.75, 3.05) is 0 Å². The zero-order valence-electron chi connectivity index (χ0n) is 8.41. The standard InChI is InChI=1S/C12H6Cl3O2/c13-7-1-3-8(4-2-7)17-12-9(14)5-6-10(16)11(12)15/h1-6H. The van der Waals surface area contributed by atoms with Crippen LogP contribution < -0.4 is 4.74 Å². The average molecular weight is 289 g/mol. The number of benzene rings is 2. The number of rotatable bonds is 2. The molecule has 2 aromatic carbocycles. The van der Waals surface area contributed by atoms with Gasteiger partial charge in [0.05, 0.1) is 5.02 Å². The molecule has 0 aliphatic heterocycles. The maximum absolute atomic E-state index is 11.3. The van der Waals surface area contributed by atoms with Gasteiger partial charge in [-0.25, -0.2) is 0 Å². The van der Waals surface area contributed by atoms with Gasteiger partial charge in [0.2, 0.25) is 5.75 Å². The Kier molecular flexibility index (Phi) is 3.67. The number of halogens is 3. The van der Waals surface area contributed by atoms with E-state index in [1.807, 2.05) is 0 Å². The highest BCUT2D eigenvalue weighted by molar-refractivity contribution is 6.38. The van der Waals surface area contributed by atoms with Crippen LogP contribution in [0.2, 0.25) is 15.1 Å². The molecule has 87 valence electrons. The molecule has 0 spiro atoms. The maximum Gasteiger partial charge on any atom is 0.201 e. The van der Waals surface area contributed by atoms with E-state index in [1.165, 1.54) is 12.1 Å². The van der Waals surface area contributed by atoms with E-state index in [9.17, 15) is 5.11 Å². The maximum atomic E-state index is 11.3. The Bertz CT molecular complexity index is 538. The number of hydrogen-bond donors (Lipinski definition) is 0. The second-order valence-corrected chi connectivity index (χ2v) is 4.47. The molecule has 0 fully saturated rings. The molecule has 0 unspecified atom stereocenters. The second-order valence-electron chi connectivity index (χ2n) is 3.24. The van der Waals surface area contributed by atoms with E-state index >= 15 is 0 Å². The molecule has 0 atom stereocenters. The number of ether oxygens (including phenoxy) is 1. The molecule has 0 saturated heterocycles. The fourth-order valence-corrected chi connectivity index (χ4v) is 1.80. The smallest absolute Gasteiger partial charge is 0.201 e. The summed E-state index contributed by atoms with van der Waals surface area (Å²) in [5, 5.41) is 12.2. The summed E-state index contributed by atoms with van der Waals surface area (Å²) in [6.07, 6.45) is 0. The van der Waals surface area contributed by atoms with Crippen molar-refractivity contribution in [3.63, 3.8) is 0 Å². The summed E-state index contributed by atoms with van der Waals surface area (Å²) < 4.78 is 5.45. The van der Waals surface area contributed by atoms with Crippen molar-refractivity contribution in [3.8, 4) is 17.2 Å². The summed E-state index contributed by atoms with van der Waals surface area (Å²) >= 11 is 17.5. The highest BCUT2D eigenvalue weighted by atomic mass is 35.5. The van der Waals surface area contributed by atoms with Gasteiger partial charge >= 0.3 is 0 Å². The van der Waals surface area contributed by atoms with Gasteiger partial charge in [-0.3, -0.25) is 5.11 Å². The first-order valence-corrected chi connectivity index (χ1v) is 5.80. The van der Waals surface area contributed by atoms with Crippen LogP contribution in [0.3, 0.4) is 0 Å². The first kappa shape index (κ1) is 12.4. The Morgan fingerprint density at radius 2 is 1.53 bits per heavy atom. The summed E-state index contributed by atoms with van der Waals surface area (Å²) in [6.45, 7) is 0. The molecule has 0 amide bonds. The van der Waals surface area contributed by atoms with Crippen LogP contribution in [0.5, 0.6) is 17.2 Å². The monoisotopic (exact) mass is 287 g/mol. The van der Waals surface area contributed by atoms with Gasteiger partial charge in [-0.1, -0.05) is 34.8 Å². The fraction of sp³-hybridized carbons (Fsp3) is 0. The van der Waals surface area contributed by atoms with E-state index in [0.717, 1.165) is 0 Å². The average Bonchev–Trinajstić information content (AvgIpc) is 2.32. The Morgan fingerprint density at radius 3 is 2.18 bits per heavy atom. The fourth-order valence-electron chi connectivity index (χ4n) is 1.23. The van der Waals surface area contributed by atoms with Gasteiger partial charge < -0.3 is 4.74 Å². The summed E-state index contributed by atoms with van der Waals surface area (Å²) in [5.74, 6) is 0.326. The van der Waals surface area contributed by atoms with Crippen LogP contribution in [0.25, 0.3) is 0 Å². The van der Waals surface area contributed by atoms with E-state index in [-0.39, 0.29) is 21.5 Å². The van der Waals surface area contributed by atoms with Gasteiger partial charge in [0, 0.05) is 5.02 Å². The Morgan fingerprint density at radius 1 is 0.882 bits per heavy atom. The van der Waals surface area contributed by atoms with Crippen LogP contribution >= 0.6 is 34.8 Å². The molecule has 5 heteroatoms. The third kappa shape index (κ3) is 2.78. The minimum atomic E-state index is -0.333. The zero-order chi connectivity index (χ0) is 12.4. The molecule has 0 aliphatic rings. The molecule has 2 rings (SSSR count). The van der Waals surface area contributed by atoms with Gasteiger partial charge in [0.15, 0.2) is 5.75 Å². The summed E-state index contributed by atoms with van der Waals surface area (Å²) in [6, 6.07) is 9.39. The molecule has 1 radical (unpaired) electrons. The van der Waals surface area contributed by atoms with Gasteiger partial charge in [-0.2, -0.15) is 0 Å². The molecule has 0 N–H and O–H groups in total. The third-order valence-corrected chi connectivity index (χ3v) is 2.95. The van der Waals surface area contributed by atoms with Crippen LogP contribution in [0, 0.1) is 0 Å². The quantitative estimate of drug-likeness (QED) is 0.709. The van der Waals surface area contributed by atoms with E-state index < -0.39 is 0 Å². The van der Waals surface area contributed by atoms with Crippen molar-refractivity contribution in [2.24, 2.45) is 0 Å². The molecular weight excluding hydrogens is 282 g/mol. The first-order valence-electron chi connectivity index (χ1n) is 4.66. The first-order chi connectivity index (χ1) is 8.08. The van der Waals surface area contributed by atoms with Crippen molar-refractivity contribution >= 4 is 34.8 Å². The van der Waals surface area contributed by atoms with Gasteiger partial charge in [0.25, 0.3) is 0 Å². The van der Waals surface area contributed by atoms with Crippen LogP contribution in [0.4, 0.5) is 0 Å². The number of hydrogen-bond acceptors (Lipinski definition) is 1. The summed E-state index contributed by atoms with van der Waals surface area (Å²) in [4.78, 5) is 0. The van der Waals surface area contributed by atoms with Gasteiger partial charge in [0.1, 0.15) is 10.8 Å². The lowest BCUT2D eigenvalue weighted by molar-refractivity contribution is 0.352. The largest absolute Gasteiger partial charge is 0.454 e. The minimum Gasteiger partial charge on any atom is -0.454 e. The summed E-state index contributed by atoms with van der Waals surface area (Å²) in [5.41, 5.74) is 0. The molecular formula is C12H6Cl3O2. The molecule has 2 aromatic rings. The van der Waals surface area contributed by atoms with E-state index in [1.54, 1.807) is 24.3 Å². The van der Waals surface area contributed by atoms with Crippen molar-refractivity contribution < 1.29 is 9.84 Å². The molecule has 0 saturated carbocycles. The highest BCUT2D eigenvalue weighted by Gasteiger charge is 2.13. The van der Waals surface area contributed by atoms with Crippen LogP contribution in [0.15, 0.2) is 36.4 Å². The molecule has 0 aromatic heterocycles. The SMILES string of the molecule is [O]c1ccc(Cl)c(Oc2ccc(Cl)cc2)c1Cl. The molecule has 0 bridgehead atoms. The van der Waals surface area contributed by atoms with E-state index in [4.69, 9.17) is 39.5 Å². The zero-order valence-corrected chi connectivity index (χ0v) is 10.7. The molecule has 0 aliphatic carbocycles. The Labute approximate surface area is 113 Å². The normalized spacial score (nSPS) is 10.3. The van der Waals surface area contributed by atoms with Crippen molar-refractivity contribution in [2.45, 2.75) is 0 Å². The van der Waals surface area contributed by atoms with Crippen molar-refractivity contribution in [3.05, 3.63) is 51.5 Å². The third-order valence-electron chi connectivity index (χ3n) is 2.05. The predicted octanol–water partition coefficient (Wildman–Crippen LogP) is 5.58. The molecule has 0 heterocycles.